The van der Waals surface area contributed by atoms with Crippen molar-refractivity contribution in [3.63, 3.8) is 0 Å². The Bertz CT molecular complexity index is 714. The fraction of sp³-hybridized carbons (Fsp3) is 0.294. The zero-order valence-electron chi connectivity index (χ0n) is 13.9. The number of hydrogen-bond acceptors (Lipinski definition) is 7. The molecule has 0 bridgehead atoms. The lowest BCUT2D eigenvalue weighted by Gasteiger charge is -2.34. The fourth-order valence-corrected chi connectivity index (χ4v) is 2.61. The van der Waals surface area contributed by atoms with Gasteiger partial charge in [0.15, 0.2) is 5.78 Å². The van der Waals surface area contributed by atoms with E-state index in [4.69, 9.17) is 18.6 Å². The summed E-state index contributed by atoms with van der Waals surface area (Å²) in [6, 6.07) is 7.80. The van der Waals surface area contributed by atoms with E-state index in [0.717, 1.165) is 23.6 Å². The molecule has 3 rings (SSSR count). The lowest BCUT2D eigenvalue weighted by atomic mass is 9.94. The van der Waals surface area contributed by atoms with Gasteiger partial charge in [-0.05, 0) is 26.0 Å². The van der Waals surface area contributed by atoms with E-state index in [1.807, 2.05) is 43.3 Å². The van der Waals surface area contributed by atoms with Crippen LogP contribution >= 0.6 is 0 Å². The molecule has 134 valence electrons. The largest absolute Gasteiger partial charge is 0.330 e. The molecular weight excluding hydrogens is 348 g/mol. The van der Waals surface area contributed by atoms with Gasteiger partial charge < -0.3 is 4.90 Å². The summed E-state index contributed by atoms with van der Waals surface area (Å²) in [7, 11) is -4.69. The first-order valence-corrected chi connectivity index (χ1v) is 8.82. The summed E-state index contributed by atoms with van der Waals surface area (Å²) in [5, 5.41) is 0. The van der Waals surface area contributed by atoms with Crippen LogP contribution in [0.2, 0.25) is 0 Å². The van der Waals surface area contributed by atoms with E-state index < -0.39 is 10.2 Å². The van der Waals surface area contributed by atoms with Gasteiger partial charge in [-0.2, -0.15) is 14.0 Å². The summed E-state index contributed by atoms with van der Waals surface area (Å²) in [6.45, 7) is 5.38. The van der Waals surface area contributed by atoms with Gasteiger partial charge in [0, 0.05) is 17.8 Å². The second-order valence-electron chi connectivity index (χ2n) is 5.80. The Labute approximate surface area is 148 Å². The van der Waals surface area contributed by atoms with Crippen LogP contribution in [0.1, 0.15) is 22.8 Å². The van der Waals surface area contributed by atoms with E-state index in [-0.39, 0.29) is 11.7 Å². The maximum atomic E-state index is 12.6. The first kappa shape index (κ1) is 19.3. The van der Waals surface area contributed by atoms with Crippen molar-refractivity contribution in [1.29, 1.82) is 0 Å². The van der Waals surface area contributed by atoms with Crippen molar-refractivity contribution < 1.29 is 33.7 Å². The number of benzene rings is 1. The van der Waals surface area contributed by atoms with Crippen molar-refractivity contribution in [2.75, 3.05) is 13.1 Å². The summed E-state index contributed by atoms with van der Waals surface area (Å²) >= 11 is 0. The van der Waals surface area contributed by atoms with E-state index in [9.17, 15) is 4.79 Å². The Morgan fingerprint density at radius 3 is 2.44 bits per heavy atom. The molecule has 0 amide bonds. The Hall–Kier alpha value is -2.03. The summed E-state index contributed by atoms with van der Waals surface area (Å²) in [5.41, 5.74) is 3.10. The number of fused-ring (bicyclic) bond motifs is 1. The molecule has 2 aliphatic rings. The number of aryl methyl sites for hydroxylation is 1. The third-order valence-electron chi connectivity index (χ3n) is 3.87. The highest BCUT2D eigenvalue weighted by molar-refractivity contribution is 6.01. The first-order chi connectivity index (χ1) is 11.6. The van der Waals surface area contributed by atoms with Gasteiger partial charge in [-0.25, -0.2) is 0 Å². The van der Waals surface area contributed by atoms with Crippen LogP contribution in [0.25, 0.3) is 0 Å². The number of amidine groups is 1. The van der Waals surface area contributed by atoms with Crippen molar-refractivity contribution in [3.05, 3.63) is 59.3 Å². The van der Waals surface area contributed by atoms with Gasteiger partial charge in [0.05, 0.1) is 27.4 Å². The topological polar surface area (TPSA) is 122 Å². The summed E-state index contributed by atoms with van der Waals surface area (Å²) in [4.78, 5) is 19.2. The van der Waals surface area contributed by atoms with E-state index in [1.165, 1.54) is 5.56 Å². The van der Waals surface area contributed by atoms with Crippen LogP contribution in [0.15, 0.2) is 53.2 Å². The number of carbonyl (C=O) groups is 1. The van der Waals surface area contributed by atoms with Gasteiger partial charge in [-0.15, -0.1) is 0 Å². The molecule has 1 unspecified atom stereocenters. The molecule has 1 N–H and O–H groups in total. The predicted octanol–water partition coefficient (Wildman–Crippen LogP) is -1.14. The second kappa shape index (κ2) is 7.90. The van der Waals surface area contributed by atoms with Gasteiger partial charge in [-0.1, -0.05) is 35.9 Å². The van der Waals surface area contributed by atoms with Crippen molar-refractivity contribution >= 4 is 11.6 Å². The first-order valence-electron chi connectivity index (χ1n) is 7.56. The highest BCUT2D eigenvalue weighted by Crippen LogP contribution is 2.21. The summed E-state index contributed by atoms with van der Waals surface area (Å²) in [5.74, 6) is 1.10. The third kappa shape index (κ3) is 5.77. The number of allylic oxidation sites excluding steroid dienone is 3. The molecule has 0 fully saturated rings. The van der Waals surface area contributed by atoms with Gasteiger partial charge in [0.2, 0.25) is 0 Å². The van der Waals surface area contributed by atoms with Crippen LogP contribution in [0, 0.1) is 23.1 Å². The van der Waals surface area contributed by atoms with Crippen LogP contribution in [0.4, 0.5) is 0 Å². The van der Waals surface area contributed by atoms with Gasteiger partial charge in [-0.3, -0.25) is 9.79 Å². The van der Waals surface area contributed by atoms with Crippen LogP contribution in [0.3, 0.4) is 0 Å². The SMILES string of the molecule is CC1=CC=CC2=NCC(C(=O)c3ccc(C)cc3)CN12.[O-][Cl+3]([O-])([O-])O. The van der Waals surface area contributed by atoms with E-state index >= 15 is 0 Å². The van der Waals surface area contributed by atoms with Gasteiger partial charge in [0.1, 0.15) is 5.84 Å². The van der Waals surface area contributed by atoms with Gasteiger partial charge >= 0.3 is 0 Å². The van der Waals surface area contributed by atoms with E-state index in [2.05, 4.69) is 22.9 Å². The minimum Gasteiger partial charge on any atom is -0.330 e. The minimum atomic E-state index is -4.69. The number of carbonyl (C=O) groups excluding carboxylic acids is 1. The van der Waals surface area contributed by atoms with E-state index in [0.29, 0.717) is 6.54 Å². The maximum absolute atomic E-state index is 12.6. The quantitative estimate of drug-likeness (QED) is 0.660. The molecule has 8 heteroatoms. The molecule has 2 aliphatic heterocycles. The molecule has 1 atom stereocenters. The normalized spacial score (nSPS) is 19.3. The number of ketones is 1. The zero-order valence-corrected chi connectivity index (χ0v) is 14.6. The van der Waals surface area contributed by atoms with Crippen LogP contribution in [-0.4, -0.2) is 34.3 Å². The average Bonchev–Trinajstić information content (AvgIpc) is 2.53. The molecule has 7 nitrogen and oxygen atoms in total. The smallest absolute Gasteiger partial charge is 0.169 e. The van der Waals surface area contributed by atoms with E-state index in [1.54, 1.807) is 0 Å². The molecular formula is C17H19ClN2O5. The minimum absolute atomic E-state index is 0.0590. The number of aliphatic imine (C=N–C) groups is 1. The van der Waals surface area contributed by atoms with Crippen molar-refractivity contribution in [2.45, 2.75) is 13.8 Å². The monoisotopic (exact) mass is 366 g/mol. The highest BCUT2D eigenvalue weighted by Gasteiger charge is 2.28. The third-order valence-corrected chi connectivity index (χ3v) is 3.87. The lowest BCUT2D eigenvalue weighted by Crippen LogP contribution is -2.58. The Morgan fingerprint density at radius 1 is 1.24 bits per heavy atom. The number of hydrogen-bond donors (Lipinski definition) is 1. The molecule has 0 aliphatic carbocycles. The Morgan fingerprint density at radius 2 is 1.84 bits per heavy atom. The van der Waals surface area contributed by atoms with Crippen molar-refractivity contribution in [1.82, 2.24) is 4.90 Å². The molecule has 25 heavy (non-hydrogen) atoms. The second-order valence-corrected chi connectivity index (χ2v) is 6.59. The Balaban J connectivity index is 0.000000399. The molecule has 1 aromatic rings. The summed E-state index contributed by atoms with van der Waals surface area (Å²) in [6.07, 6.45) is 6.06. The van der Waals surface area contributed by atoms with Crippen LogP contribution < -0.4 is 14.0 Å². The predicted molar refractivity (Wildman–Crippen MR) is 83.1 cm³/mol. The van der Waals surface area contributed by atoms with Gasteiger partial charge in [0.25, 0.3) is 0 Å². The molecule has 0 radical (unpaired) electrons. The van der Waals surface area contributed by atoms with Crippen LogP contribution in [-0.2, 0) is 0 Å². The maximum Gasteiger partial charge on any atom is 0.169 e. The molecule has 0 saturated carbocycles. The fourth-order valence-electron chi connectivity index (χ4n) is 2.61. The number of halogens is 1. The molecule has 0 spiro atoms. The molecule has 0 aromatic heterocycles. The molecule has 1 aromatic carbocycles. The van der Waals surface area contributed by atoms with Crippen molar-refractivity contribution in [2.24, 2.45) is 10.9 Å². The Kier molecular flexibility index (Phi) is 6.10. The average molecular weight is 367 g/mol. The number of nitrogens with zero attached hydrogens (tertiary/aromatic N) is 2. The highest BCUT2D eigenvalue weighted by atomic mass is 35.7. The van der Waals surface area contributed by atoms with Crippen molar-refractivity contribution in [3.8, 4) is 0 Å². The number of Topliss-reactive ketones (excluding diaryl/α,β-unsaturated/α-hetero) is 1. The molecule has 2 heterocycles. The van der Waals surface area contributed by atoms with Crippen LogP contribution in [0.5, 0.6) is 0 Å². The lowest BCUT2D eigenvalue weighted by molar-refractivity contribution is -1.92. The number of rotatable bonds is 2. The standard InChI is InChI=1S/C17H18N2O.ClHO4/c1-12-6-8-14(9-7-12)17(20)15-10-18-16-5-3-4-13(2)19(16)11-15;2-1(3,4)5/h3-9,15H,10-11H2,1-2H3;(H,2,3,4,5). The molecule has 0 saturated heterocycles. The zero-order chi connectivity index (χ0) is 18.6. The summed E-state index contributed by atoms with van der Waals surface area (Å²) < 4.78 is 32.7.